The van der Waals surface area contributed by atoms with Crippen LogP contribution in [0.1, 0.15) is 56.8 Å². The smallest absolute Gasteiger partial charge is 0.301 e. The summed E-state index contributed by atoms with van der Waals surface area (Å²) in [5.74, 6) is 0.145. The lowest BCUT2D eigenvalue weighted by atomic mass is 9.59. The Morgan fingerprint density at radius 2 is 1.90 bits per heavy atom. The van der Waals surface area contributed by atoms with Gasteiger partial charge in [0.05, 0.1) is 16.9 Å². The molecule has 3 atom stereocenters. The highest BCUT2D eigenvalue weighted by Gasteiger charge is 2.67. The van der Waals surface area contributed by atoms with Gasteiger partial charge in [0.15, 0.2) is 0 Å². The molecule has 3 rings (SSSR count). The van der Waals surface area contributed by atoms with E-state index in [1.165, 1.54) is 14.1 Å². The number of aliphatic hydroxyl groups is 1. The first-order valence-electron chi connectivity index (χ1n) is 10.1. The fourth-order valence-corrected chi connectivity index (χ4v) is 6.06. The largest absolute Gasteiger partial charge is 0.389 e. The summed E-state index contributed by atoms with van der Waals surface area (Å²) < 4.78 is 27.8. The van der Waals surface area contributed by atoms with E-state index in [0.29, 0.717) is 18.9 Å². The number of hydrogen-bond donors (Lipinski definition) is 3. The predicted molar refractivity (Wildman–Crippen MR) is 114 cm³/mol. The van der Waals surface area contributed by atoms with E-state index in [1.54, 1.807) is 24.3 Å². The maximum atomic E-state index is 12.8. The molecule has 2 fully saturated rings. The third kappa shape index (κ3) is 3.55. The quantitative estimate of drug-likeness (QED) is 0.628. The summed E-state index contributed by atoms with van der Waals surface area (Å²) in [7, 11) is -0.877. The van der Waals surface area contributed by atoms with Crippen molar-refractivity contribution < 1.29 is 18.3 Å². The number of hydrogen-bond acceptors (Lipinski definition) is 4. The van der Waals surface area contributed by atoms with E-state index in [2.05, 4.69) is 30.8 Å². The van der Waals surface area contributed by atoms with Crippen molar-refractivity contribution in [3.8, 4) is 0 Å². The van der Waals surface area contributed by atoms with Gasteiger partial charge in [-0.1, -0.05) is 32.9 Å². The summed E-state index contributed by atoms with van der Waals surface area (Å²) in [5.41, 5.74) is -0.662. The average molecular weight is 424 g/mol. The summed E-state index contributed by atoms with van der Waals surface area (Å²) in [4.78, 5) is 12.8. The molecule has 0 saturated heterocycles. The number of amides is 1. The molecule has 2 aliphatic rings. The summed E-state index contributed by atoms with van der Waals surface area (Å²) in [6.45, 7) is 6.76. The number of rotatable bonds is 7. The number of benzene rings is 1. The highest BCUT2D eigenvalue weighted by atomic mass is 32.2. The van der Waals surface area contributed by atoms with Gasteiger partial charge in [-0.05, 0) is 54.6 Å². The Hall–Kier alpha value is -1.64. The van der Waals surface area contributed by atoms with Gasteiger partial charge in [0.25, 0.3) is 5.91 Å². The molecule has 0 aliphatic heterocycles. The fourth-order valence-electron chi connectivity index (χ4n) is 5.42. The molecule has 1 aromatic rings. The number of carbonyl (C=O) groups is 1. The molecule has 29 heavy (non-hydrogen) atoms. The second-order valence-corrected chi connectivity index (χ2v) is 11.4. The molecule has 1 amide bonds. The van der Waals surface area contributed by atoms with Gasteiger partial charge in [-0.15, -0.1) is 0 Å². The van der Waals surface area contributed by atoms with Crippen molar-refractivity contribution >= 4 is 21.8 Å². The van der Waals surface area contributed by atoms with Gasteiger partial charge in [-0.2, -0.15) is 12.7 Å². The molecule has 2 bridgehead atoms. The van der Waals surface area contributed by atoms with Crippen molar-refractivity contribution in [2.45, 2.75) is 52.1 Å². The molecule has 162 valence electrons. The monoisotopic (exact) mass is 423 g/mol. The van der Waals surface area contributed by atoms with Crippen LogP contribution in [0, 0.1) is 16.7 Å². The molecule has 0 spiro atoms. The van der Waals surface area contributed by atoms with Gasteiger partial charge >= 0.3 is 10.2 Å². The molecule has 3 N–H and O–H groups in total. The molecule has 7 nitrogen and oxygen atoms in total. The van der Waals surface area contributed by atoms with Gasteiger partial charge in [-0.3, -0.25) is 9.52 Å². The Balaban J connectivity index is 1.70. The molecule has 2 saturated carbocycles. The topological polar surface area (TPSA) is 98.7 Å². The van der Waals surface area contributed by atoms with Crippen molar-refractivity contribution in [1.82, 2.24) is 9.62 Å². The van der Waals surface area contributed by atoms with Crippen LogP contribution < -0.4 is 10.0 Å². The number of nitrogens with one attached hydrogen (secondary N) is 2. The van der Waals surface area contributed by atoms with E-state index in [0.717, 1.165) is 23.6 Å². The lowest BCUT2D eigenvalue weighted by Gasteiger charge is -2.51. The zero-order valence-electron chi connectivity index (χ0n) is 17.9. The van der Waals surface area contributed by atoms with E-state index in [4.69, 9.17) is 0 Å². The molecule has 1 aromatic carbocycles. The predicted octanol–water partition coefficient (Wildman–Crippen LogP) is 2.60. The second-order valence-electron chi connectivity index (χ2n) is 9.52. The van der Waals surface area contributed by atoms with Crippen LogP contribution in [0.4, 0.5) is 5.69 Å². The summed E-state index contributed by atoms with van der Waals surface area (Å²) in [5, 5.41) is 14.4. The van der Waals surface area contributed by atoms with Crippen LogP contribution >= 0.6 is 0 Å². The normalized spacial score (nSPS) is 30.5. The van der Waals surface area contributed by atoms with Gasteiger partial charge in [0.1, 0.15) is 0 Å². The Morgan fingerprint density at radius 3 is 2.48 bits per heavy atom. The Bertz CT molecular complexity index is 892. The first kappa shape index (κ1) is 22.1. The van der Waals surface area contributed by atoms with Crippen LogP contribution in [0.3, 0.4) is 0 Å². The molecule has 0 unspecified atom stereocenters. The summed E-state index contributed by atoms with van der Waals surface area (Å²) in [6, 6.07) is 6.51. The summed E-state index contributed by atoms with van der Waals surface area (Å²) in [6.07, 6.45) is 3.67. The number of para-hydroxylation sites is 1. The van der Waals surface area contributed by atoms with Crippen LogP contribution in [0.15, 0.2) is 24.3 Å². The Morgan fingerprint density at radius 1 is 1.24 bits per heavy atom. The molecular weight excluding hydrogens is 390 g/mol. The number of anilines is 1. The van der Waals surface area contributed by atoms with Gasteiger partial charge in [-0.25, -0.2) is 0 Å². The fraction of sp³-hybridized carbons (Fsp3) is 0.667. The van der Waals surface area contributed by atoms with Crippen LogP contribution in [0.2, 0.25) is 0 Å². The van der Waals surface area contributed by atoms with E-state index in [9.17, 15) is 18.3 Å². The SMILES string of the molecule is CN(C)S(=O)(=O)Nc1ccccc1C(=O)NCC[C@]1(O)C(C)(C)[C@H]2CC[C@]1(C)C2. The lowest BCUT2D eigenvalue weighted by Crippen LogP contribution is -2.55. The first-order chi connectivity index (χ1) is 13.3. The molecule has 2 aliphatic carbocycles. The standard InChI is InChI=1S/C21H33N3O4S/c1-19(2)15-10-11-20(3,14-15)21(19,26)12-13-22-18(25)16-8-6-7-9-17(16)23-29(27,28)24(4)5/h6-9,15,23,26H,10-14H2,1-5H3,(H,22,25)/t15-,20+,21-/m0/s1. The minimum absolute atomic E-state index is 0.120. The van der Waals surface area contributed by atoms with Crippen LogP contribution in [-0.4, -0.2) is 50.0 Å². The maximum Gasteiger partial charge on any atom is 0.301 e. The van der Waals surface area contributed by atoms with Crippen molar-refractivity contribution in [1.29, 1.82) is 0 Å². The van der Waals surface area contributed by atoms with Gasteiger partial charge < -0.3 is 10.4 Å². The van der Waals surface area contributed by atoms with Crippen LogP contribution in [0.25, 0.3) is 0 Å². The number of nitrogens with zero attached hydrogens (tertiary/aromatic N) is 1. The Kier molecular flexibility index (Phi) is 5.51. The number of carbonyl (C=O) groups excluding carboxylic acids is 1. The van der Waals surface area contributed by atoms with E-state index < -0.39 is 15.8 Å². The third-order valence-corrected chi connectivity index (χ3v) is 8.93. The molecular formula is C21H33N3O4S. The third-order valence-electron chi connectivity index (χ3n) is 7.49. The molecule has 0 aromatic heterocycles. The van der Waals surface area contributed by atoms with Gasteiger partial charge in [0, 0.05) is 20.6 Å². The minimum Gasteiger partial charge on any atom is -0.389 e. The zero-order chi connectivity index (χ0) is 21.7. The molecule has 0 heterocycles. The van der Waals surface area contributed by atoms with E-state index in [1.807, 2.05) is 0 Å². The number of fused-ring (bicyclic) bond motifs is 2. The van der Waals surface area contributed by atoms with Crippen LogP contribution in [-0.2, 0) is 10.2 Å². The Labute approximate surface area is 174 Å². The highest BCUT2D eigenvalue weighted by Crippen LogP contribution is 2.68. The average Bonchev–Trinajstić information content (AvgIpc) is 3.10. The second kappa shape index (κ2) is 7.25. The maximum absolute atomic E-state index is 12.8. The van der Waals surface area contributed by atoms with E-state index in [-0.39, 0.29) is 28.0 Å². The highest BCUT2D eigenvalue weighted by molar-refractivity contribution is 7.90. The lowest BCUT2D eigenvalue weighted by molar-refractivity contribution is -0.146. The summed E-state index contributed by atoms with van der Waals surface area (Å²) >= 11 is 0. The van der Waals surface area contributed by atoms with Crippen molar-refractivity contribution in [3.63, 3.8) is 0 Å². The van der Waals surface area contributed by atoms with Crippen molar-refractivity contribution in [3.05, 3.63) is 29.8 Å². The van der Waals surface area contributed by atoms with Crippen LogP contribution in [0.5, 0.6) is 0 Å². The minimum atomic E-state index is -3.72. The van der Waals surface area contributed by atoms with Crippen molar-refractivity contribution in [2.75, 3.05) is 25.4 Å². The van der Waals surface area contributed by atoms with E-state index >= 15 is 0 Å². The first-order valence-corrected chi connectivity index (χ1v) is 11.6. The van der Waals surface area contributed by atoms with Gasteiger partial charge in [0.2, 0.25) is 0 Å². The van der Waals surface area contributed by atoms with Crippen molar-refractivity contribution in [2.24, 2.45) is 16.7 Å². The molecule has 0 radical (unpaired) electrons. The zero-order valence-corrected chi connectivity index (χ0v) is 18.8. The molecule has 8 heteroatoms.